The van der Waals surface area contributed by atoms with Gasteiger partial charge in [-0.15, -0.1) is 0 Å². The maximum absolute atomic E-state index is 5.61. The quantitative estimate of drug-likeness (QED) is 0.591. The van der Waals surface area contributed by atoms with E-state index in [-0.39, 0.29) is 6.04 Å². The van der Waals surface area contributed by atoms with Gasteiger partial charge in [-0.05, 0) is 35.2 Å². The number of rotatable bonds is 3. The standard InChI is InChI=1S/C10H16N2OS/c1-7-5-14-6-9(7)10(12-11)8-2-3-13-4-8/h5-6,8,10,12H,2-4,11H2,1H3. The average Bonchev–Trinajstić information content (AvgIpc) is 2.80. The average molecular weight is 212 g/mol. The lowest BCUT2D eigenvalue weighted by Crippen LogP contribution is -2.34. The van der Waals surface area contributed by atoms with Crippen LogP contribution in [0.4, 0.5) is 0 Å². The van der Waals surface area contributed by atoms with E-state index in [2.05, 4.69) is 23.1 Å². The number of ether oxygens (including phenoxy) is 1. The van der Waals surface area contributed by atoms with Gasteiger partial charge in [0.1, 0.15) is 0 Å². The Labute approximate surface area is 88.2 Å². The van der Waals surface area contributed by atoms with Crippen molar-refractivity contribution < 1.29 is 4.74 Å². The van der Waals surface area contributed by atoms with Crippen molar-refractivity contribution in [3.63, 3.8) is 0 Å². The van der Waals surface area contributed by atoms with Crippen molar-refractivity contribution in [2.45, 2.75) is 19.4 Å². The number of aryl methyl sites for hydroxylation is 1. The first-order chi connectivity index (χ1) is 6.83. The topological polar surface area (TPSA) is 47.3 Å². The number of hydrazine groups is 1. The first-order valence-electron chi connectivity index (χ1n) is 4.89. The van der Waals surface area contributed by atoms with Crippen LogP contribution in [0.1, 0.15) is 23.6 Å². The zero-order chi connectivity index (χ0) is 9.97. The first-order valence-corrected chi connectivity index (χ1v) is 5.83. The molecule has 1 aromatic rings. The van der Waals surface area contributed by atoms with Crippen molar-refractivity contribution >= 4 is 11.3 Å². The maximum atomic E-state index is 5.61. The molecule has 14 heavy (non-hydrogen) atoms. The molecule has 1 aromatic heterocycles. The van der Waals surface area contributed by atoms with Crippen LogP contribution in [0.2, 0.25) is 0 Å². The second-order valence-corrected chi connectivity index (χ2v) is 4.52. The second-order valence-electron chi connectivity index (χ2n) is 3.78. The third-order valence-electron chi connectivity index (χ3n) is 2.85. The van der Waals surface area contributed by atoms with E-state index >= 15 is 0 Å². The molecule has 2 rings (SSSR count). The summed E-state index contributed by atoms with van der Waals surface area (Å²) in [6, 6.07) is 0.253. The van der Waals surface area contributed by atoms with Crippen LogP contribution in [-0.2, 0) is 4.74 Å². The number of hydrogen-bond donors (Lipinski definition) is 2. The van der Waals surface area contributed by atoms with Crippen LogP contribution in [0, 0.1) is 12.8 Å². The number of nitrogens with one attached hydrogen (secondary N) is 1. The summed E-state index contributed by atoms with van der Waals surface area (Å²) in [4.78, 5) is 0. The van der Waals surface area contributed by atoms with Crippen LogP contribution in [0.15, 0.2) is 10.8 Å². The van der Waals surface area contributed by atoms with Gasteiger partial charge in [-0.25, -0.2) is 0 Å². The summed E-state index contributed by atoms with van der Waals surface area (Å²) in [5, 5.41) is 4.34. The third-order valence-corrected chi connectivity index (χ3v) is 3.73. The van der Waals surface area contributed by atoms with E-state index in [4.69, 9.17) is 10.6 Å². The van der Waals surface area contributed by atoms with E-state index in [1.165, 1.54) is 11.1 Å². The molecule has 1 aliphatic rings. The van der Waals surface area contributed by atoms with Crippen LogP contribution >= 0.6 is 11.3 Å². The summed E-state index contributed by atoms with van der Waals surface area (Å²) in [5.74, 6) is 6.13. The minimum Gasteiger partial charge on any atom is -0.381 e. The highest BCUT2D eigenvalue weighted by Gasteiger charge is 2.27. The van der Waals surface area contributed by atoms with Gasteiger partial charge < -0.3 is 4.74 Å². The molecular weight excluding hydrogens is 196 g/mol. The minimum atomic E-state index is 0.253. The second kappa shape index (κ2) is 4.40. The summed E-state index contributed by atoms with van der Waals surface area (Å²) in [5.41, 5.74) is 5.56. The molecule has 0 aromatic carbocycles. The van der Waals surface area contributed by atoms with Crippen LogP contribution < -0.4 is 11.3 Å². The molecule has 0 bridgehead atoms. The Morgan fingerprint density at radius 2 is 2.50 bits per heavy atom. The molecule has 0 aliphatic carbocycles. The highest BCUT2D eigenvalue weighted by Crippen LogP contribution is 2.31. The number of hydrogen-bond acceptors (Lipinski definition) is 4. The van der Waals surface area contributed by atoms with Gasteiger partial charge in [0.05, 0.1) is 12.6 Å². The third kappa shape index (κ3) is 1.83. The van der Waals surface area contributed by atoms with E-state index in [1.54, 1.807) is 11.3 Å². The maximum Gasteiger partial charge on any atom is 0.0521 e. The van der Waals surface area contributed by atoms with Crippen molar-refractivity contribution in [3.8, 4) is 0 Å². The molecule has 2 atom stereocenters. The zero-order valence-electron chi connectivity index (χ0n) is 8.32. The number of thiophene rings is 1. The van der Waals surface area contributed by atoms with Gasteiger partial charge in [0.25, 0.3) is 0 Å². The predicted octanol–water partition coefficient (Wildman–Crippen LogP) is 1.60. The molecule has 1 aliphatic heterocycles. The van der Waals surface area contributed by atoms with Crippen molar-refractivity contribution in [2.75, 3.05) is 13.2 Å². The predicted molar refractivity (Wildman–Crippen MR) is 58.0 cm³/mol. The highest BCUT2D eigenvalue weighted by molar-refractivity contribution is 7.08. The summed E-state index contributed by atoms with van der Waals surface area (Å²) in [6.45, 7) is 3.82. The summed E-state index contributed by atoms with van der Waals surface area (Å²) in [7, 11) is 0. The highest BCUT2D eigenvalue weighted by atomic mass is 32.1. The van der Waals surface area contributed by atoms with E-state index in [9.17, 15) is 0 Å². The largest absolute Gasteiger partial charge is 0.381 e. The molecule has 2 heterocycles. The summed E-state index contributed by atoms with van der Waals surface area (Å²) in [6.07, 6.45) is 1.10. The van der Waals surface area contributed by atoms with Crippen LogP contribution in [0.25, 0.3) is 0 Å². The van der Waals surface area contributed by atoms with E-state index in [0.29, 0.717) is 5.92 Å². The Hall–Kier alpha value is -0.420. The number of nitrogens with two attached hydrogens (primary N) is 1. The summed E-state index contributed by atoms with van der Waals surface area (Å²) < 4.78 is 5.39. The smallest absolute Gasteiger partial charge is 0.0521 e. The first kappa shape index (κ1) is 10.1. The molecule has 0 spiro atoms. The zero-order valence-corrected chi connectivity index (χ0v) is 9.14. The molecule has 2 unspecified atom stereocenters. The molecule has 0 saturated carbocycles. The molecule has 3 N–H and O–H groups in total. The molecule has 1 saturated heterocycles. The van der Waals surface area contributed by atoms with Gasteiger partial charge in [-0.2, -0.15) is 11.3 Å². The Morgan fingerprint density at radius 3 is 3.00 bits per heavy atom. The van der Waals surface area contributed by atoms with Crippen LogP contribution in [0.5, 0.6) is 0 Å². The van der Waals surface area contributed by atoms with Crippen molar-refractivity contribution in [1.82, 2.24) is 5.43 Å². The fraction of sp³-hybridized carbons (Fsp3) is 0.600. The minimum absolute atomic E-state index is 0.253. The van der Waals surface area contributed by atoms with Crippen LogP contribution in [0.3, 0.4) is 0 Å². The molecule has 3 nitrogen and oxygen atoms in total. The Kier molecular flexibility index (Phi) is 3.18. The van der Waals surface area contributed by atoms with Crippen molar-refractivity contribution in [3.05, 3.63) is 21.9 Å². The van der Waals surface area contributed by atoms with Crippen molar-refractivity contribution in [2.24, 2.45) is 11.8 Å². The van der Waals surface area contributed by atoms with Gasteiger partial charge >= 0.3 is 0 Å². The lowest BCUT2D eigenvalue weighted by atomic mass is 9.93. The van der Waals surface area contributed by atoms with Gasteiger partial charge in [0.15, 0.2) is 0 Å². The van der Waals surface area contributed by atoms with Gasteiger partial charge in [-0.1, -0.05) is 0 Å². The lowest BCUT2D eigenvalue weighted by molar-refractivity contribution is 0.177. The normalized spacial score (nSPS) is 24.0. The molecule has 0 amide bonds. The Balaban J connectivity index is 2.16. The Morgan fingerprint density at radius 1 is 1.64 bits per heavy atom. The summed E-state index contributed by atoms with van der Waals surface area (Å²) >= 11 is 1.73. The van der Waals surface area contributed by atoms with Gasteiger partial charge in [0.2, 0.25) is 0 Å². The van der Waals surface area contributed by atoms with E-state index in [1.807, 2.05) is 0 Å². The van der Waals surface area contributed by atoms with E-state index in [0.717, 1.165) is 19.6 Å². The Bertz CT molecular complexity index is 294. The fourth-order valence-corrected chi connectivity index (χ4v) is 2.87. The lowest BCUT2D eigenvalue weighted by Gasteiger charge is -2.21. The molecular formula is C10H16N2OS. The van der Waals surface area contributed by atoms with Gasteiger partial charge in [0, 0.05) is 12.5 Å². The van der Waals surface area contributed by atoms with Gasteiger partial charge in [-0.3, -0.25) is 11.3 Å². The SMILES string of the molecule is Cc1cscc1C(NN)C1CCOC1. The van der Waals surface area contributed by atoms with E-state index < -0.39 is 0 Å². The monoisotopic (exact) mass is 212 g/mol. The molecule has 1 fully saturated rings. The van der Waals surface area contributed by atoms with Crippen molar-refractivity contribution in [1.29, 1.82) is 0 Å². The molecule has 4 heteroatoms. The fourth-order valence-electron chi connectivity index (χ4n) is 1.98. The molecule has 0 radical (unpaired) electrons. The van der Waals surface area contributed by atoms with Crippen LogP contribution in [-0.4, -0.2) is 13.2 Å². The molecule has 78 valence electrons.